The van der Waals surface area contributed by atoms with E-state index in [0.29, 0.717) is 5.92 Å². The predicted octanol–water partition coefficient (Wildman–Crippen LogP) is 6.38. The molecule has 0 aromatic heterocycles. The fraction of sp³-hybridized carbons (Fsp3) is 0.952. The molecule has 0 N–H and O–H groups in total. The minimum Gasteiger partial charge on any atom is -0.458 e. The zero-order valence-corrected chi connectivity index (χ0v) is 17.1. The van der Waals surface area contributed by atoms with Crippen molar-refractivity contribution in [2.45, 2.75) is 106 Å². The molecule has 1 aliphatic rings. The Morgan fingerprint density at radius 3 is 1.78 bits per heavy atom. The molecule has 1 atom stereocenters. The molecule has 1 rings (SSSR count). The van der Waals surface area contributed by atoms with Crippen LogP contribution in [0, 0.1) is 22.2 Å². The first-order valence-electron chi connectivity index (χ1n) is 9.47. The van der Waals surface area contributed by atoms with Gasteiger partial charge in [-0.2, -0.15) is 0 Å². The Bertz CT molecular complexity index is 403. The molecule has 0 aliphatic heterocycles. The van der Waals surface area contributed by atoms with Crippen molar-refractivity contribution in [1.29, 1.82) is 0 Å². The maximum Gasteiger partial charge on any atom is 0.312 e. The monoisotopic (exact) mass is 324 g/mol. The molecule has 0 radical (unpaired) electrons. The molecule has 2 nitrogen and oxygen atoms in total. The van der Waals surface area contributed by atoms with Gasteiger partial charge in [-0.3, -0.25) is 4.79 Å². The summed E-state index contributed by atoms with van der Waals surface area (Å²) in [7, 11) is 0. The molecule has 0 amide bonds. The summed E-state index contributed by atoms with van der Waals surface area (Å²) in [4.78, 5) is 13.3. The normalized spacial score (nSPS) is 21.8. The minimum absolute atomic E-state index is 0.00975. The van der Waals surface area contributed by atoms with Crippen molar-refractivity contribution in [2.75, 3.05) is 0 Å². The largest absolute Gasteiger partial charge is 0.458 e. The summed E-state index contributed by atoms with van der Waals surface area (Å²) in [5, 5.41) is 0. The zero-order chi connectivity index (χ0) is 18.1. The second-order valence-corrected chi connectivity index (χ2v) is 10.5. The van der Waals surface area contributed by atoms with Gasteiger partial charge in [0.25, 0.3) is 0 Å². The van der Waals surface area contributed by atoms with Crippen molar-refractivity contribution in [3.63, 3.8) is 0 Å². The van der Waals surface area contributed by atoms with Gasteiger partial charge in [-0.05, 0) is 55.8 Å². The number of ether oxygens (including phenoxy) is 1. The SMILES string of the molecule is CC(C)C1(OC(=O)[C@](C)(CC(C)(C)C)C(C)(C)C)CCCCC1. The van der Waals surface area contributed by atoms with Crippen LogP contribution in [0.1, 0.15) is 101 Å². The van der Waals surface area contributed by atoms with E-state index >= 15 is 0 Å². The third-order valence-electron chi connectivity index (χ3n) is 6.04. The minimum atomic E-state index is -0.468. The summed E-state index contributed by atoms with van der Waals surface area (Å²) in [5.41, 5.74) is -0.743. The van der Waals surface area contributed by atoms with Crippen molar-refractivity contribution in [1.82, 2.24) is 0 Å². The van der Waals surface area contributed by atoms with E-state index in [2.05, 4.69) is 62.3 Å². The quantitative estimate of drug-likeness (QED) is 0.561. The van der Waals surface area contributed by atoms with Gasteiger partial charge in [0.1, 0.15) is 5.60 Å². The molecular formula is C21H40O2. The van der Waals surface area contributed by atoms with Crippen molar-refractivity contribution in [3.8, 4) is 0 Å². The first kappa shape index (κ1) is 20.5. The van der Waals surface area contributed by atoms with Crippen LogP contribution in [-0.2, 0) is 9.53 Å². The predicted molar refractivity (Wildman–Crippen MR) is 98.4 cm³/mol. The summed E-state index contributed by atoms with van der Waals surface area (Å²) < 4.78 is 6.34. The topological polar surface area (TPSA) is 26.3 Å². The standard InChI is InChI=1S/C21H40O2/c1-16(2)21(13-11-10-12-14-21)23-17(22)20(9,19(6,7)8)15-18(3,4)5/h16H,10-15H2,1-9H3/t20-/m0/s1. The van der Waals surface area contributed by atoms with Gasteiger partial charge in [0.05, 0.1) is 5.41 Å². The molecule has 0 bridgehead atoms. The average Bonchev–Trinajstić information content (AvgIpc) is 2.36. The molecule has 0 heterocycles. The van der Waals surface area contributed by atoms with E-state index in [0.717, 1.165) is 19.3 Å². The third kappa shape index (κ3) is 4.73. The maximum absolute atomic E-state index is 13.3. The number of rotatable bonds is 4. The highest BCUT2D eigenvalue weighted by atomic mass is 16.6. The van der Waals surface area contributed by atoms with Crippen LogP contribution in [0.15, 0.2) is 0 Å². The van der Waals surface area contributed by atoms with Gasteiger partial charge >= 0.3 is 5.97 Å². The number of carbonyl (C=O) groups excluding carboxylic acids is 1. The Hall–Kier alpha value is -0.530. The van der Waals surface area contributed by atoms with Gasteiger partial charge in [-0.25, -0.2) is 0 Å². The van der Waals surface area contributed by atoms with Gasteiger partial charge in [0.15, 0.2) is 0 Å². The van der Waals surface area contributed by atoms with E-state index in [1.165, 1.54) is 19.3 Å². The molecule has 0 spiro atoms. The van der Waals surface area contributed by atoms with Crippen molar-refractivity contribution in [2.24, 2.45) is 22.2 Å². The molecule has 0 unspecified atom stereocenters. The molecule has 136 valence electrons. The molecule has 0 aromatic carbocycles. The zero-order valence-electron chi connectivity index (χ0n) is 17.1. The number of carbonyl (C=O) groups is 1. The molecule has 0 saturated heterocycles. The first-order chi connectivity index (χ1) is 10.2. The Kier molecular flexibility index (Phi) is 6.03. The van der Waals surface area contributed by atoms with Crippen LogP contribution in [0.5, 0.6) is 0 Å². The fourth-order valence-corrected chi connectivity index (χ4v) is 3.95. The van der Waals surface area contributed by atoms with Crippen LogP contribution in [0.3, 0.4) is 0 Å². The van der Waals surface area contributed by atoms with Gasteiger partial charge in [0.2, 0.25) is 0 Å². The lowest BCUT2D eigenvalue weighted by molar-refractivity contribution is -0.190. The lowest BCUT2D eigenvalue weighted by atomic mass is 9.61. The van der Waals surface area contributed by atoms with E-state index < -0.39 is 5.41 Å². The molecule has 2 heteroatoms. The van der Waals surface area contributed by atoms with Crippen LogP contribution >= 0.6 is 0 Å². The fourth-order valence-electron chi connectivity index (χ4n) is 3.95. The smallest absolute Gasteiger partial charge is 0.312 e. The maximum atomic E-state index is 13.3. The average molecular weight is 325 g/mol. The lowest BCUT2D eigenvalue weighted by Gasteiger charge is -2.47. The highest BCUT2D eigenvalue weighted by molar-refractivity contribution is 5.78. The molecule has 1 fully saturated rings. The molecular weight excluding hydrogens is 284 g/mol. The summed E-state index contributed by atoms with van der Waals surface area (Å²) in [6.07, 6.45) is 6.51. The van der Waals surface area contributed by atoms with Crippen molar-refractivity contribution < 1.29 is 9.53 Å². The molecule has 1 saturated carbocycles. The van der Waals surface area contributed by atoms with Crippen molar-refractivity contribution in [3.05, 3.63) is 0 Å². The number of esters is 1. The van der Waals surface area contributed by atoms with Crippen LogP contribution in [0.25, 0.3) is 0 Å². The summed E-state index contributed by atoms with van der Waals surface area (Å²) in [6, 6.07) is 0. The van der Waals surface area contributed by atoms with Gasteiger partial charge in [-0.15, -0.1) is 0 Å². The van der Waals surface area contributed by atoms with Gasteiger partial charge < -0.3 is 4.74 Å². The van der Waals surface area contributed by atoms with Gasteiger partial charge in [-0.1, -0.05) is 61.8 Å². The Balaban J connectivity index is 3.10. The number of hydrogen-bond donors (Lipinski definition) is 0. The van der Waals surface area contributed by atoms with Crippen LogP contribution < -0.4 is 0 Å². The highest BCUT2D eigenvalue weighted by Crippen LogP contribution is 2.49. The van der Waals surface area contributed by atoms with E-state index in [1.807, 2.05) is 0 Å². The molecule has 0 aromatic rings. The van der Waals surface area contributed by atoms with Crippen LogP contribution in [0.4, 0.5) is 0 Å². The third-order valence-corrected chi connectivity index (χ3v) is 6.04. The van der Waals surface area contributed by atoms with E-state index in [9.17, 15) is 4.79 Å². The van der Waals surface area contributed by atoms with E-state index in [1.54, 1.807) is 0 Å². The van der Waals surface area contributed by atoms with Crippen LogP contribution in [0.2, 0.25) is 0 Å². The Morgan fingerprint density at radius 2 is 1.43 bits per heavy atom. The summed E-state index contributed by atoms with van der Waals surface area (Å²) >= 11 is 0. The number of hydrogen-bond acceptors (Lipinski definition) is 2. The molecule has 1 aliphatic carbocycles. The van der Waals surface area contributed by atoms with Crippen molar-refractivity contribution >= 4 is 5.97 Å². The second kappa shape index (κ2) is 6.76. The van der Waals surface area contributed by atoms with E-state index in [-0.39, 0.29) is 22.4 Å². The van der Waals surface area contributed by atoms with Gasteiger partial charge in [0, 0.05) is 0 Å². The Labute approximate surface area is 144 Å². The summed E-state index contributed by atoms with van der Waals surface area (Å²) in [5.74, 6) is 0.390. The second-order valence-electron chi connectivity index (χ2n) is 10.5. The lowest BCUT2D eigenvalue weighted by Crippen LogP contribution is -2.50. The first-order valence-corrected chi connectivity index (χ1v) is 9.47. The van der Waals surface area contributed by atoms with E-state index in [4.69, 9.17) is 4.74 Å². The Morgan fingerprint density at radius 1 is 0.957 bits per heavy atom. The molecule has 23 heavy (non-hydrogen) atoms. The highest BCUT2D eigenvalue weighted by Gasteiger charge is 2.51. The summed E-state index contributed by atoms with van der Waals surface area (Å²) in [6.45, 7) is 19.7. The van der Waals surface area contributed by atoms with Crippen LogP contribution in [-0.4, -0.2) is 11.6 Å².